The van der Waals surface area contributed by atoms with Crippen LogP contribution in [0.1, 0.15) is 13.8 Å². The molecule has 1 aliphatic rings. The Morgan fingerprint density at radius 3 is 2.90 bits per heavy atom. The Labute approximate surface area is 123 Å². The van der Waals surface area contributed by atoms with E-state index >= 15 is 0 Å². The van der Waals surface area contributed by atoms with Crippen molar-refractivity contribution in [2.75, 3.05) is 25.0 Å². The second-order valence-electron chi connectivity index (χ2n) is 5.20. The van der Waals surface area contributed by atoms with Crippen molar-refractivity contribution >= 4 is 17.3 Å². The molecule has 1 aromatic rings. The molecule has 0 radical (unpaired) electrons. The van der Waals surface area contributed by atoms with E-state index in [4.69, 9.17) is 0 Å². The summed E-state index contributed by atoms with van der Waals surface area (Å²) in [7, 11) is 0. The number of amides is 1. The van der Waals surface area contributed by atoms with Crippen molar-refractivity contribution in [3.63, 3.8) is 0 Å². The summed E-state index contributed by atoms with van der Waals surface area (Å²) in [6.45, 7) is 5.52. The van der Waals surface area contributed by atoms with Gasteiger partial charge in [-0.15, -0.1) is 0 Å². The van der Waals surface area contributed by atoms with Gasteiger partial charge in [-0.1, -0.05) is 12.1 Å². The minimum Gasteiger partial charge on any atom is -0.371 e. The number of nitrogens with one attached hydrogen (secondary N) is 2. The quantitative estimate of drug-likeness (QED) is 0.643. The molecule has 1 aromatic carbocycles. The van der Waals surface area contributed by atoms with E-state index in [0.29, 0.717) is 12.2 Å². The van der Waals surface area contributed by atoms with E-state index in [1.807, 2.05) is 18.7 Å². The third-order valence-corrected chi connectivity index (χ3v) is 3.89. The van der Waals surface area contributed by atoms with E-state index in [0.717, 1.165) is 6.54 Å². The summed E-state index contributed by atoms with van der Waals surface area (Å²) in [4.78, 5) is 24.6. The summed E-state index contributed by atoms with van der Waals surface area (Å²) in [6, 6.07) is 6.69. The zero-order valence-corrected chi connectivity index (χ0v) is 12.2. The van der Waals surface area contributed by atoms with Crippen LogP contribution in [0.4, 0.5) is 11.4 Å². The molecule has 2 unspecified atom stereocenters. The van der Waals surface area contributed by atoms with Gasteiger partial charge in [-0.2, -0.15) is 0 Å². The molecule has 1 amide bonds. The number of nitro groups is 1. The average molecular weight is 292 g/mol. The molecule has 2 atom stereocenters. The van der Waals surface area contributed by atoms with Gasteiger partial charge in [-0.05, 0) is 19.9 Å². The summed E-state index contributed by atoms with van der Waals surface area (Å²) in [6.07, 6.45) is 0. The lowest BCUT2D eigenvalue weighted by molar-refractivity contribution is -0.383. The van der Waals surface area contributed by atoms with E-state index in [1.54, 1.807) is 18.2 Å². The highest BCUT2D eigenvalue weighted by Crippen LogP contribution is 2.23. The number of benzene rings is 1. The third-order valence-electron chi connectivity index (χ3n) is 3.89. The van der Waals surface area contributed by atoms with Crippen molar-refractivity contribution in [3.8, 4) is 0 Å². The summed E-state index contributed by atoms with van der Waals surface area (Å²) in [5, 5.41) is 17.1. The molecule has 21 heavy (non-hydrogen) atoms. The highest BCUT2D eigenvalue weighted by atomic mass is 16.6. The highest BCUT2D eigenvalue weighted by molar-refractivity contribution is 5.82. The molecule has 1 fully saturated rings. The Hall–Kier alpha value is -2.15. The standard InChI is InChI=1S/C14H20N4O3/c1-10-11(2)17(8-7-15-10)14(19)9-16-12-5-3-4-6-13(12)18(20)21/h3-6,10-11,15-16H,7-9H2,1-2H3. The summed E-state index contributed by atoms with van der Waals surface area (Å²) in [5.41, 5.74) is 0.346. The maximum Gasteiger partial charge on any atom is 0.292 e. The number of anilines is 1. The second kappa shape index (κ2) is 6.53. The summed E-state index contributed by atoms with van der Waals surface area (Å²) in [5.74, 6) is -0.0472. The molecule has 7 heteroatoms. The Kier molecular flexibility index (Phi) is 4.74. The maximum absolute atomic E-state index is 12.3. The van der Waals surface area contributed by atoms with Gasteiger partial charge in [0.2, 0.25) is 5.91 Å². The largest absolute Gasteiger partial charge is 0.371 e. The molecule has 114 valence electrons. The van der Waals surface area contributed by atoms with E-state index in [9.17, 15) is 14.9 Å². The monoisotopic (exact) mass is 292 g/mol. The molecular weight excluding hydrogens is 272 g/mol. The van der Waals surface area contributed by atoms with Crippen molar-refractivity contribution < 1.29 is 9.72 Å². The predicted molar refractivity (Wildman–Crippen MR) is 80.2 cm³/mol. The van der Waals surface area contributed by atoms with Crippen LogP contribution in [0.2, 0.25) is 0 Å². The number of para-hydroxylation sites is 2. The molecule has 0 aromatic heterocycles. The fourth-order valence-corrected chi connectivity index (χ4v) is 2.46. The van der Waals surface area contributed by atoms with Crippen LogP contribution in [0.15, 0.2) is 24.3 Å². The second-order valence-corrected chi connectivity index (χ2v) is 5.20. The van der Waals surface area contributed by atoms with Gasteiger partial charge in [0.05, 0.1) is 11.5 Å². The lowest BCUT2D eigenvalue weighted by atomic mass is 10.1. The highest BCUT2D eigenvalue weighted by Gasteiger charge is 2.27. The smallest absolute Gasteiger partial charge is 0.292 e. The summed E-state index contributed by atoms with van der Waals surface area (Å²) >= 11 is 0. The minimum absolute atomic E-state index is 0.0213. The maximum atomic E-state index is 12.3. The Morgan fingerprint density at radius 2 is 2.19 bits per heavy atom. The van der Waals surface area contributed by atoms with Gasteiger partial charge in [-0.25, -0.2) is 0 Å². The van der Waals surface area contributed by atoms with E-state index in [1.165, 1.54) is 6.07 Å². The SMILES string of the molecule is CC1NCCN(C(=O)CNc2ccccc2[N+](=O)[O-])C1C. The van der Waals surface area contributed by atoms with E-state index in [2.05, 4.69) is 10.6 Å². The fourth-order valence-electron chi connectivity index (χ4n) is 2.46. The van der Waals surface area contributed by atoms with Crippen molar-refractivity contribution in [2.45, 2.75) is 25.9 Å². The van der Waals surface area contributed by atoms with Crippen LogP contribution in [-0.2, 0) is 4.79 Å². The molecule has 0 bridgehead atoms. The van der Waals surface area contributed by atoms with Crippen LogP contribution in [0.25, 0.3) is 0 Å². The molecule has 1 saturated heterocycles. The van der Waals surface area contributed by atoms with Crippen molar-refractivity contribution in [1.82, 2.24) is 10.2 Å². The molecule has 1 aliphatic heterocycles. The topological polar surface area (TPSA) is 87.5 Å². The molecule has 2 rings (SSSR count). The Morgan fingerprint density at radius 1 is 1.48 bits per heavy atom. The summed E-state index contributed by atoms with van der Waals surface area (Å²) < 4.78 is 0. The normalized spacial score (nSPS) is 21.9. The zero-order valence-electron chi connectivity index (χ0n) is 12.2. The first-order chi connectivity index (χ1) is 10.0. The first kappa shape index (κ1) is 15.2. The first-order valence-corrected chi connectivity index (χ1v) is 7.01. The first-order valence-electron chi connectivity index (χ1n) is 7.01. The number of nitrogens with zero attached hydrogens (tertiary/aromatic N) is 2. The predicted octanol–water partition coefficient (Wildman–Crippen LogP) is 1.22. The molecule has 7 nitrogen and oxygen atoms in total. The zero-order chi connectivity index (χ0) is 15.4. The number of carbonyl (C=O) groups is 1. The van der Waals surface area contributed by atoms with E-state index < -0.39 is 4.92 Å². The molecule has 0 spiro atoms. The van der Waals surface area contributed by atoms with Crippen LogP contribution >= 0.6 is 0 Å². The van der Waals surface area contributed by atoms with Gasteiger partial charge in [-0.3, -0.25) is 14.9 Å². The molecule has 0 saturated carbocycles. The van der Waals surface area contributed by atoms with Crippen molar-refractivity contribution in [3.05, 3.63) is 34.4 Å². The van der Waals surface area contributed by atoms with Gasteiger partial charge < -0.3 is 15.5 Å². The molecular formula is C14H20N4O3. The number of rotatable bonds is 4. The molecule has 1 heterocycles. The van der Waals surface area contributed by atoms with Gasteiger partial charge in [0, 0.05) is 31.2 Å². The van der Waals surface area contributed by atoms with Gasteiger partial charge in [0.25, 0.3) is 5.69 Å². The average Bonchev–Trinajstić information content (AvgIpc) is 2.47. The molecule has 2 N–H and O–H groups in total. The van der Waals surface area contributed by atoms with Crippen LogP contribution in [-0.4, -0.2) is 47.4 Å². The lowest BCUT2D eigenvalue weighted by Crippen LogP contribution is -2.58. The van der Waals surface area contributed by atoms with E-state index in [-0.39, 0.29) is 30.2 Å². The number of hydrogen-bond acceptors (Lipinski definition) is 5. The Bertz CT molecular complexity index is 535. The van der Waals surface area contributed by atoms with Gasteiger partial charge in [0.1, 0.15) is 5.69 Å². The van der Waals surface area contributed by atoms with Crippen molar-refractivity contribution in [1.29, 1.82) is 0 Å². The van der Waals surface area contributed by atoms with Gasteiger partial charge >= 0.3 is 0 Å². The van der Waals surface area contributed by atoms with Crippen LogP contribution in [0, 0.1) is 10.1 Å². The van der Waals surface area contributed by atoms with Crippen LogP contribution in [0.3, 0.4) is 0 Å². The van der Waals surface area contributed by atoms with Crippen molar-refractivity contribution in [2.24, 2.45) is 0 Å². The number of carbonyl (C=O) groups excluding carboxylic acids is 1. The van der Waals surface area contributed by atoms with Gasteiger partial charge in [0.15, 0.2) is 0 Å². The number of hydrogen-bond donors (Lipinski definition) is 2. The lowest BCUT2D eigenvalue weighted by Gasteiger charge is -2.38. The number of nitro benzene ring substituents is 1. The Balaban J connectivity index is 2.00. The fraction of sp³-hybridized carbons (Fsp3) is 0.500. The number of piperazine rings is 1. The minimum atomic E-state index is -0.456. The van der Waals surface area contributed by atoms with Crippen LogP contribution in [0.5, 0.6) is 0 Å². The molecule has 0 aliphatic carbocycles. The van der Waals surface area contributed by atoms with Crippen LogP contribution < -0.4 is 10.6 Å². The third kappa shape index (κ3) is 3.49.